The molecule has 0 bridgehead atoms. The lowest BCUT2D eigenvalue weighted by atomic mass is 9.63. The van der Waals surface area contributed by atoms with Crippen molar-refractivity contribution in [1.82, 2.24) is 4.90 Å². The smallest absolute Gasteiger partial charge is 0.303 e. The standard InChI is InChI=1S/C17H23NO3/c1-13-6-3-7-14(12-13)17(9-5-10-17)16(21)18(2)11-4-8-15(19)20/h3,6-7,12H,4-5,8-11H2,1-2H3,(H,19,20). The van der Waals surface area contributed by atoms with Crippen molar-refractivity contribution in [1.29, 1.82) is 0 Å². The Balaban J connectivity index is 2.09. The molecule has 0 atom stereocenters. The van der Waals surface area contributed by atoms with Crippen LogP contribution >= 0.6 is 0 Å². The van der Waals surface area contributed by atoms with Crippen molar-refractivity contribution in [2.75, 3.05) is 13.6 Å². The van der Waals surface area contributed by atoms with Gasteiger partial charge in [-0.15, -0.1) is 0 Å². The molecular weight excluding hydrogens is 266 g/mol. The summed E-state index contributed by atoms with van der Waals surface area (Å²) in [6, 6.07) is 8.18. The van der Waals surface area contributed by atoms with Crippen LogP contribution in [0.4, 0.5) is 0 Å². The number of carbonyl (C=O) groups is 2. The molecule has 1 aliphatic rings. The van der Waals surface area contributed by atoms with Crippen molar-refractivity contribution in [2.24, 2.45) is 0 Å². The number of hydrogen-bond acceptors (Lipinski definition) is 2. The topological polar surface area (TPSA) is 57.6 Å². The van der Waals surface area contributed by atoms with E-state index in [9.17, 15) is 9.59 Å². The molecule has 0 radical (unpaired) electrons. The third-order valence-corrected chi connectivity index (χ3v) is 4.42. The van der Waals surface area contributed by atoms with E-state index in [1.54, 1.807) is 11.9 Å². The summed E-state index contributed by atoms with van der Waals surface area (Å²) in [7, 11) is 1.78. The predicted octanol–water partition coefficient (Wildman–Crippen LogP) is 2.74. The van der Waals surface area contributed by atoms with Gasteiger partial charge in [-0.1, -0.05) is 36.2 Å². The number of likely N-dealkylation sites (N-methyl/N-ethyl adjacent to an activating group) is 1. The van der Waals surface area contributed by atoms with Gasteiger partial charge in [0.1, 0.15) is 0 Å². The summed E-state index contributed by atoms with van der Waals surface area (Å²) >= 11 is 0. The van der Waals surface area contributed by atoms with E-state index >= 15 is 0 Å². The summed E-state index contributed by atoms with van der Waals surface area (Å²) in [5.74, 6) is -0.683. The van der Waals surface area contributed by atoms with Crippen LogP contribution < -0.4 is 0 Å². The minimum atomic E-state index is -0.812. The van der Waals surface area contributed by atoms with Crippen molar-refractivity contribution >= 4 is 11.9 Å². The van der Waals surface area contributed by atoms with Crippen LogP contribution in [0.25, 0.3) is 0 Å². The number of aryl methyl sites for hydroxylation is 1. The molecule has 21 heavy (non-hydrogen) atoms. The second-order valence-corrected chi connectivity index (χ2v) is 6.03. The number of aliphatic carboxylic acids is 1. The Morgan fingerprint density at radius 2 is 2.05 bits per heavy atom. The van der Waals surface area contributed by atoms with Crippen molar-refractivity contribution < 1.29 is 14.7 Å². The van der Waals surface area contributed by atoms with Gasteiger partial charge in [0, 0.05) is 20.0 Å². The number of nitrogens with zero attached hydrogens (tertiary/aromatic N) is 1. The number of carboxylic acid groups (broad SMARTS) is 1. The first-order valence-corrected chi connectivity index (χ1v) is 7.50. The maximum atomic E-state index is 12.8. The first kappa shape index (κ1) is 15.5. The van der Waals surface area contributed by atoms with Crippen molar-refractivity contribution in [3.05, 3.63) is 35.4 Å². The Hall–Kier alpha value is -1.84. The highest BCUT2D eigenvalue weighted by molar-refractivity contribution is 5.89. The number of hydrogen-bond donors (Lipinski definition) is 1. The summed E-state index contributed by atoms with van der Waals surface area (Å²) in [5.41, 5.74) is 1.88. The zero-order chi connectivity index (χ0) is 15.5. The van der Waals surface area contributed by atoms with E-state index in [4.69, 9.17) is 5.11 Å². The Labute approximate surface area is 125 Å². The summed E-state index contributed by atoms with van der Waals surface area (Å²) < 4.78 is 0. The number of carboxylic acids is 1. The highest BCUT2D eigenvalue weighted by Crippen LogP contribution is 2.45. The van der Waals surface area contributed by atoms with Gasteiger partial charge in [-0.3, -0.25) is 9.59 Å². The molecule has 4 nitrogen and oxygen atoms in total. The molecule has 4 heteroatoms. The monoisotopic (exact) mass is 289 g/mol. The van der Waals surface area contributed by atoms with Gasteiger partial charge in [0.2, 0.25) is 5.91 Å². The largest absolute Gasteiger partial charge is 0.481 e. The summed E-state index contributed by atoms with van der Waals surface area (Å²) in [4.78, 5) is 25.1. The molecule has 1 fully saturated rings. The van der Waals surface area contributed by atoms with Crippen LogP contribution in [0.15, 0.2) is 24.3 Å². The van der Waals surface area contributed by atoms with Crippen LogP contribution in [0.1, 0.15) is 43.2 Å². The average molecular weight is 289 g/mol. The van der Waals surface area contributed by atoms with Crippen LogP contribution in [-0.2, 0) is 15.0 Å². The zero-order valence-corrected chi connectivity index (χ0v) is 12.8. The van der Waals surface area contributed by atoms with Crippen LogP contribution in [0.2, 0.25) is 0 Å². The SMILES string of the molecule is Cc1cccc(C2(C(=O)N(C)CCCC(=O)O)CCC2)c1. The summed E-state index contributed by atoms with van der Waals surface area (Å²) in [6.07, 6.45) is 3.45. The lowest BCUT2D eigenvalue weighted by molar-refractivity contribution is -0.141. The number of carbonyl (C=O) groups excluding carboxylic acids is 1. The van der Waals surface area contributed by atoms with Crippen LogP contribution in [0, 0.1) is 6.92 Å². The number of rotatable bonds is 6. The first-order chi connectivity index (χ1) is 9.95. The van der Waals surface area contributed by atoms with Crippen LogP contribution in [0.5, 0.6) is 0 Å². The van der Waals surface area contributed by atoms with Gasteiger partial charge in [-0.25, -0.2) is 0 Å². The molecule has 0 aliphatic heterocycles. The molecule has 0 spiro atoms. The maximum Gasteiger partial charge on any atom is 0.303 e. The van der Waals surface area contributed by atoms with Gasteiger partial charge in [0.25, 0.3) is 0 Å². The fourth-order valence-corrected chi connectivity index (χ4v) is 3.03. The van der Waals surface area contributed by atoms with E-state index in [2.05, 4.69) is 6.07 Å². The highest BCUT2D eigenvalue weighted by Gasteiger charge is 2.46. The molecular formula is C17H23NO3. The Morgan fingerprint density at radius 3 is 2.57 bits per heavy atom. The average Bonchev–Trinajstić information content (AvgIpc) is 2.36. The van der Waals surface area contributed by atoms with Gasteiger partial charge < -0.3 is 10.0 Å². The van der Waals surface area contributed by atoms with E-state index in [0.29, 0.717) is 13.0 Å². The lowest BCUT2D eigenvalue weighted by Crippen LogP contribution is -2.50. The maximum absolute atomic E-state index is 12.8. The minimum absolute atomic E-state index is 0.106. The number of benzene rings is 1. The molecule has 0 heterocycles. The Kier molecular flexibility index (Phi) is 4.66. The molecule has 1 aliphatic carbocycles. The second-order valence-electron chi connectivity index (χ2n) is 6.03. The van der Waals surface area contributed by atoms with Crippen LogP contribution in [0.3, 0.4) is 0 Å². The molecule has 1 saturated carbocycles. The lowest BCUT2D eigenvalue weighted by Gasteiger charge is -2.43. The molecule has 1 amide bonds. The molecule has 2 rings (SSSR count). The van der Waals surface area contributed by atoms with Crippen molar-refractivity contribution in [3.63, 3.8) is 0 Å². The van der Waals surface area contributed by atoms with E-state index in [1.165, 1.54) is 5.56 Å². The highest BCUT2D eigenvalue weighted by atomic mass is 16.4. The van der Waals surface area contributed by atoms with Gasteiger partial charge in [-0.2, -0.15) is 0 Å². The first-order valence-electron chi connectivity index (χ1n) is 7.50. The Bertz CT molecular complexity index is 535. The van der Waals surface area contributed by atoms with Crippen molar-refractivity contribution in [3.8, 4) is 0 Å². The van der Waals surface area contributed by atoms with Gasteiger partial charge in [0.05, 0.1) is 5.41 Å². The van der Waals surface area contributed by atoms with Crippen LogP contribution in [-0.4, -0.2) is 35.5 Å². The van der Waals surface area contributed by atoms with Gasteiger partial charge in [0.15, 0.2) is 0 Å². The van der Waals surface area contributed by atoms with E-state index < -0.39 is 5.97 Å². The van der Waals surface area contributed by atoms with Gasteiger partial charge in [-0.05, 0) is 31.7 Å². The molecule has 0 aromatic heterocycles. The molecule has 114 valence electrons. The molecule has 1 aromatic rings. The molecule has 1 aromatic carbocycles. The van der Waals surface area contributed by atoms with E-state index in [1.807, 2.05) is 25.1 Å². The predicted molar refractivity (Wildman–Crippen MR) is 81.2 cm³/mol. The molecule has 0 saturated heterocycles. The Morgan fingerprint density at radius 1 is 1.33 bits per heavy atom. The van der Waals surface area contributed by atoms with E-state index in [-0.39, 0.29) is 17.7 Å². The fourth-order valence-electron chi connectivity index (χ4n) is 3.03. The summed E-state index contributed by atoms with van der Waals surface area (Å²) in [6.45, 7) is 2.54. The van der Waals surface area contributed by atoms with E-state index in [0.717, 1.165) is 24.8 Å². The summed E-state index contributed by atoms with van der Waals surface area (Å²) in [5, 5.41) is 8.69. The zero-order valence-electron chi connectivity index (χ0n) is 12.8. The normalized spacial score (nSPS) is 16.1. The minimum Gasteiger partial charge on any atom is -0.481 e. The molecule has 0 unspecified atom stereocenters. The fraction of sp³-hybridized carbons (Fsp3) is 0.529. The van der Waals surface area contributed by atoms with Gasteiger partial charge >= 0.3 is 5.97 Å². The second kappa shape index (κ2) is 6.29. The molecule has 1 N–H and O–H groups in total. The quantitative estimate of drug-likeness (QED) is 0.876. The third kappa shape index (κ3) is 3.26. The number of amides is 1. The third-order valence-electron chi connectivity index (χ3n) is 4.42. The van der Waals surface area contributed by atoms with Crippen molar-refractivity contribution in [2.45, 2.75) is 44.4 Å².